The molecule has 0 radical (unpaired) electrons. The average molecular weight is 443 g/mol. The number of hydrogen-bond acceptors (Lipinski definition) is 7. The number of rotatable bonds is 8. The standard InChI is InChI=1S/C24H22FN7O/c1-26-22(20-13-17(11-12-27-20)24-28-30-31-29-24)23(32(2)3)19-10-9-18(25)14-21(19)33-15-16-7-5-4-6-8-16/h4-14H,1,15H2,2-3H3,(H,28,29,30,31)/b23-22-. The van der Waals surface area contributed by atoms with Gasteiger partial charge in [0, 0.05) is 37.5 Å². The van der Waals surface area contributed by atoms with Crippen LogP contribution in [0.3, 0.4) is 0 Å². The summed E-state index contributed by atoms with van der Waals surface area (Å²) in [6, 6.07) is 17.7. The van der Waals surface area contributed by atoms with Crippen molar-refractivity contribution < 1.29 is 9.13 Å². The van der Waals surface area contributed by atoms with Crippen LogP contribution in [0, 0.1) is 5.82 Å². The van der Waals surface area contributed by atoms with Crippen molar-refractivity contribution in [1.82, 2.24) is 30.5 Å². The van der Waals surface area contributed by atoms with Crippen molar-refractivity contribution in [2.24, 2.45) is 4.99 Å². The van der Waals surface area contributed by atoms with Crippen LogP contribution in [0.1, 0.15) is 16.8 Å². The first-order valence-electron chi connectivity index (χ1n) is 10.1. The van der Waals surface area contributed by atoms with Crippen molar-refractivity contribution in [2.45, 2.75) is 6.61 Å². The molecule has 1 N–H and O–H groups in total. The summed E-state index contributed by atoms with van der Waals surface area (Å²) >= 11 is 0. The highest BCUT2D eigenvalue weighted by Crippen LogP contribution is 2.35. The predicted octanol–water partition coefficient (Wildman–Crippen LogP) is 4.07. The summed E-state index contributed by atoms with van der Waals surface area (Å²) in [6.45, 7) is 4.05. The molecular weight excluding hydrogens is 421 g/mol. The second kappa shape index (κ2) is 9.82. The maximum absolute atomic E-state index is 14.2. The van der Waals surface area contributed by atoms with Gasteiger partial charge in [-0.3, -0.25) is 9.98 Å². The van der Waals surface area contributed by atoms with Gasteiger partial charge < -0.3 is 9.64 Å². The van der Waals surface area contributed by atoms with Crippen LogP contribution in [0.25, 0.3) is 22.8 Å². The zero-order valence-corrected chi connectivity index (χ0v) is 18.2. The first-order valence-corrected chi connectivity index (χ1v) is 10.1. The molecule has 0 bridgehead atoms. The van der Waals surface area contributed by atoms with E-state index in [0.717, 1.165) is 5.56 Å². The summed E-state index contributed by atoms with van der Waals surface area (Å²) in [6.07, 6.45) is 1.64. The molecule has 0 aliphatic heterocycles. The van der Waals surface area contributed by atoms with Crippen LogP contribution in [-0.4, -0.2) is 51.3 Å². The van der Waals surface area contributed by atoms with Crippen LogP contribution in [0.4, 0.5) is 4.39 Å². The average Bonchev–Trinajstić information content (AvgIpc) is 3.37. The third-order valence-electron chi connectivity index (χ3n) is 4.87. The summed E-state index contributed by atoms with van der Waals surface area (Å²) in [7, 11) is 3.74. The number of tetrazole rings is 1. The molecule has 0 amide bonds. The number of pyridine rings is 1. The molecule has 8 nitrogen and oxygen atoms in total. The van der Waals surface area contributed by atoms with Gasteiger partial charge in [-0.05, 0) is 41.8 Å². The zero-order chi connectivity index (χ0) is 23.2. The highest BCUT2D eigenvalue weighted by Gasteiger charge is 2.20. The minimum absolute atomic E-state index is 0.292. The van der Waals surface area contributed by atoms with E-state index in [1.54, 1.807) is 24.4 Å². The van der Waals surface area contributed by atoms with E-state index in [-0.39, 0.29) is 0 Å². The molecule has 0 atom stereocenters. The molecule has 166 valence electrons. The van der Waals surface area contributed by atoms with Crippen molar-refractivity contribution in [3.05, 3.63) is 89.5 Å². The molecule has 0 spiro atoms. The van der Waals surface area contributed by atoms with Gasteiger partial charge in [-0.1, -0.05) is 30.3 Å². The van der Waals surface area contributed by atoms with Crippen molar-refractivity contribution in [3.8, 4) is 17.1 Å². The van der Waals surface area contributed by atoms with E-state index >= 15 is 0 Å². The SMILES string of the molecule is C=N/C(=C(/c1ccc(F)cc1OCc1ccccc1)N(C)C)c1cc(-c2nn[nH]n2)ccn1. The van der Waals surface area contributed by atoms with Gasteiger partial charge in [-0.25, -0.2) is 4.39 Å². The Labute approximate surface area is 190 Å². The number of aromatic nitrogens is 5. The molecule has 0 aliphatic rings. The number of nitrogens with zero attached hydrogens (tertiary/aromatic N) is 6. The fourth-order valence-corrected chi connectivity index (χ4v) is 3.39. The van der Waals surface area contributed by atoms with Crippen LogP contribution in [-0.2, 0) is 6.61 Å². The predicted molar refractivity (Wildman–Crippen MR) is 125 cm³/mol. The number of ether oxygens (including phenoxy) is 1. The second-order valence-corrected chi connectivity index (χ2v) is 7.33. The minimum atomic E-state index is -0.398. The normalized spacial score (nSPS) is 11.6. The summed E-state index contributed by atoms with van der Waals surface area (Å²) < 4.78 is 20.2. The smallest absolute Gasteiger partial charge is 0.204 e. The number of nitrogens with one attached hydrogen (secondary N) is 1. The molecule has 2 aromatic carbocycles. The van der Waals surface area contributed by atoms with Gasteiger partial charge in [0.25, 0.3) is 0 Å². The fourth-order valence-electron chi connectivity index (χ4n) is 3.39. The highest BCUT2D eigenvalue weighted by atomic mass is 19.1. The summed E-state index contributed by atoms with van der Waals surface area (Å²) in [4.78, 5) is 10.6. The number of halogens is 1. The first kappa shape index (κ1) is 21.8. The lowest BCUT2D eigenvalue weighted by atomic mass is 10.0. The Kier molecular flexibility index (Phi) is 6.49. The number of aromatic amines is 1. The van der Waals surface area contributed by atoms with Gasteiger partial charge in [-0.2, -0.15) is 5.21 Å². The van der Waals surface area contributed by atoms with Gasteiger partial charge in [0.2, 0.25) is 5.82 Å². The van der Waals surface area contributed by atoms with E-state index in [1.807, 2.05) is 49.3 Å². The van der Waals surface area contributed by atoms with Gasteiger partial charge >= 0.3 is 0 Å². The largest absolute Gasteiger partial charge is 0.488 e. The van der Waals surface area contributed by atoms with Gasteiger partial charge in [0.1, 0.15) is 23.9 Å². The number of aliphatic imine (C=N–C) groups is 1. The Morgan fingerprint density at radius 1 is 1.12 bits per heavy atom. The molecule has 4 rings (SSSR count). The Morgan fingerprint density at radius 2 is 1.94 bits per heavy atom. The van der Waals surface area contributed by atoms with Crippen molar-refractivity contribution in [1.29, 1.82) is 0 Å². The Balaban J connectivity index is 1.80. The van der Waals surface area contributed by atoms with Gasteiger partial charge in [-0.15, -0.1) is 10.2 Å². The van der Waals surface area contributed by atoms with Gasteiger partial charge in [0.05, 0.1) is 11.4 Å². The molecule has 0 unspecified atom stereocenters. The maximum Gasteiger partial charge on any atom is 0.204 e. The zero-order valence-electron chi connectivity index (χ0n) is 18.2. The summed E-state index contributed by atoms with van der Waals surface area (Å²) in [5, 5.41) is 14.1. The Morgan fingerprint density at radius 3 is 2.64 bits per heavy atom. The highest BCUT2D eigenvalue weighted by molar-refractivity contribution is 5.91. The molecule has 0 aliphatic carbocycles. The van der Waals surface area contributed by atoms with E-state index in [4.69, 9.17) is 4.74 Å². The maximum atomic E-state index is 14.2. The summed E-state index contributed by atoms with van der Waals surface area (Å²) in [5.41, 5.74) is 4.07. The van der Waals surface area contributed by atoms with Crippen LogP contribution >= 0.6 is 0 Å². The number of hydrogen-bond donors (Lipinski definition) is 1. The quantitative estimate of drug-likeness (QED) is 0.413. The topological polar surface area (TPSA) is 92.2 Å². The third kappa shape index (κ3) is 4.93. The Hall–Kier alpha value is -4.40. The fraction of sp³-hybridized carbons (Fsp3) is 0.125. The van der Waals surface area contributed by atoms with E-state index in [2.05, 4.69) is 37.3 Å². The summed E-state index contributed by atoms with van der Waals surface area (Å²) in [5.74, 6) is 0.422. The lowest BCUT2D eigenvalue weighted by Gasteiger charge is -2.23. The minimum Gasteiger partial charge on any atom is -0.488 e. The van der Waals surface area contributed by atoms with Crippen molar-refractivity contribution in [2.75, 3.05) is 14.1 Å². The monoisotopic (exact) mass is 443 g/mol. The van der Waals surface area contributed by atoms with Gasteiger partial charge in [0.15, 0.2) is 0 Å². The van der Waals surface area contributed by atoms with Crippen LogP contribution in [0.2, 0.25) is 0 Å². The lowest BCUT2D eigenvalue weighted by Crippen LogP contribution is -2.14. The number of benzene rings is 2. The second-order valence-electron chi connectivity index (χ2n) is 7.33. The lowest BCUT2D eigenvalue weighted by molar-refractivity contribution is 0.303. The van der Waals surface area contributed by atoms with E-state index in [1.165, 1.54) is 12.1 Å². The molecule has 9 heteroatoms. The van der Waals surface area contributed by atoms with Crippen LogP contribution in [0.15, 0.2) is 71.9 Å². The van der Waals surface area contributed by atoms with Crippen molar-refractivity contribution in [3.63, 3.8) is 0 Å². The van der Waals surface area contributed by atoms with Crippen LogP contribution in [0.5, 0.6) is 5.75 Å². The van der Waals surface area contributed by atoms with Crippen LogP contribution < -0.4 is 4.74 Å². The van der Waals surface area contributed by atoms with E-state index < -0.39 is 5.82 Å². The molecule has 33 heavy (non-hydrogen) atoms. The molecule has 0 saturated heterocycles. The van der Waals surface area contributed by atoms with E-state index in [9.17, 15) is 4.39 Å². The van der Waals surface area contributed by atoms with Crippen molar-refractivity contribution >= 4 is 18.1 Å². The molecule has 4 aromatic rings. The third-order valence-corrected chi connectivity index (χ3v) is 4.87. The first-order chi connectivity index (χ1) is 16.1. The molecule has 2 heterocycles. The molecular formula is C24H22FN7O. The molecule has 2 aromatic heterocycles. The number of H-pyrrole nitrogens is 1. The van der Waals surface area contributed by atoms with E-state index in [0.29, 0.717) is 46.4 Å². The Bertz CT molecular complexity index is 1270. The molecule has 0 saturated carbocycles. The molecule has 0 fully saturated rings.